The van der Waals surface area contributed by atoms with Crippen LogP contribution in [0.3, 0.4) is 0 Å². The van der Waals surface area contributed by atoms with Gasteiger partial charge in [0.2, 0.25) is 11.0 Å². The maximum atomic E-state index is 11.5. The molecule has 0 bridgehead atoms. The van der Waals surface area contributed by atoms with E-state index in [0.29, 0.717) is 6.54 Å². The van der Waals surface area contributed by atoms with Crippen LogP contribution in [-0.4, -0.2) is 29.7 Å². The molecule has 1 heterocycles. The predicted molar refractivity (Wildman–Crippen MR) is 61.0 cm³/mol. The minimum absolute atomic E-state index is 0.0104. The molecule has 0 fully saturated rings. The van der Waals surface area contributed by atoms with Crippen LogP contribution < -0.4 is 10.6 Å². The molecule has 0 aliphatic carbocycles. The maximum Gasteiger partial charge on any atom is 0.227 e. The number of anilines is 1. The first-order valence-corrected chi connectivity index (χ1v) is 5.53. The van der Waals surface area contributed by atoms with Crippen molar-refractivity contribution < 1.29 is 4.79 Å². The first-order valence-electron chi connectivity index (χ1n) is 4.72. The van der Waals surface area contributed by atoms with Gasteiger partial charge in [-0.1, -0.05) is 11.3 Å². The smallest absolute Gasteiger partial charge is 0.227 e. The van der Waals surface area contributed by atoms with E-state index in [4.69, 9.17) is 0 Å². The zero-order chi connectivity index (χ0) is 11.5. The Morgan fingerprint density at radius 2 is 2.13 bits per heavy atom. The second-order valence-electron chi connectivity index (χ2n) is 3.94. The normalized spacial score (nSPS) is 11.2. The van der Waals surface area contributed by atoms with Crippen molar-refractivity contribution in [2.75, 3.05) is 18.9 Å². The molecule has 0 spiro atoms. The zero-order valence-corrected chi connectivity index (χ0v) is 10.2. The van der Waals surface area contributed by atoms with Gasteiger partial charge in [-0.15, -0.1) is 10.2 Å². The van der Waals surface area contributed by atoms with Crippen LogP contribution in [0.1, 0.15) is 18.9 Å². The molecule has 5 nitrogen and oxygen atoms in total. The van der Waals surface area contributed by atoms with Crippen LogP contribution in [0.2, 0.25) is 0 Å². The Balaban J connectivity index is 2.53. The highest BCUT2D eigenvalue weighted by Crippen LogP contribution is 2.19. The molecule has 0 radical (unpaired) electrons. The Morgan fingerprint density at radius 3 is 2.60 bits per heavy atom. The number of amides is 1. The SMILES string of the molecule is CNC(=O)C(C)(C)CNc1nnc(C)s1. The van der Waals surface area contributed by atoms with Crippen molar-refractivity contribution in [3.8, 4) is 0 Å². The molecule has 0 saturated carbocycles. The van der Waals surface area contributed by atoms with Crippen molar-refractivity contribution in [2.24, 2.45) is 5.41 Å². The number of hydrogen-bond acceptors (Lipinski definition) is 5. The van der Waals surface area contributed by atoms with Crippen LogP contribution in [0.4, 0.5) is 5.13 Å². The summed E-state index contributed by atoms with van der Waals surface area (Å²) in [4.78, 5) is 11.5. The van der Waals surface area contributed by atoms with E-state index in [1.807, 2.05) is 20.8 Å². The molecule has 0 atom stereocenters. The predicted octanol–water partition coefficient (Wildman–Crippen LogP) is 1.03. The lowest BCUT2D eigenvalue weighted by Gasteiger charge is -2.22. The van der Waals surface area contributed by atoms with Crippen molar-refractivity contribution in [1.82, 2.24) is 15.5 Å². The topological polar surface area (TPSA) is 66.9 Å². The maximum absolute atomic E-state index is 11.5. The van der Waals surface area contributed by atoms with Gasteiger partial charge >= 0.3 is 0 Å². The molecular formula is C9H16N4OS. The lowest BCUT2D eigenvalue weighted by atomic mass is 9.92. The van der Waals surface area contributed by atoms with Crippen molar-refractivity contribution in [1.29, 1.82) is 0 Å². The fourth-order valence-corrected chi connectivity index (χ4v) is 1.67. The van der Waals surface area contributed by atoms with Crippen LogP contribution in [0.5, 0.6) is 0 Å². The van der Waals surface area contributed by atoms with Crippen LogP contribution in [-0.2, 0) is 4.79 Å². The molecular weight excluding hydrogens is 212 g/mol. The largest absolute Gasteiger partial charge is 0.359 e. The summed E-state index contributed by atoms with van der Waals surface area (Å²) in [6.07, 6.45) is 0. The lowest BCUT2D eigenvalue weighted by Crippen LogP contribution is -2.39. The molecule has 15 heavy (non-hydrogen) atoms. The zero-order valence-electron chi connectivity index (χ0n) is 9.42. The summed E-state index contributed by atoms with van der Waals surface area (Å²) in [6, 6.07) is 0. The molecule has 1 rings (SSSR count). The fourth-order valence-electron chi connectivity index (χ4n) is 1.08. The van der Waals surface area contributed by atoms with Gasteiger partial charge in [0.05, 0.1) is 5.41 Å². The van der Waals surface area contributed by atoms with Gasteiger partial charge in [-0.05, 0) is 20.8 Å². The van der Waals surface area contributed by atoms with Gasteiger partial charge in [-0.25, -0.2) is 0 Å². The van der Waals surface area contributed by atoms with Gasteiger partial charge in [0, 0.05) is 13.6 Å². The Morgan fingerprint density at radius 1 is 1.47 bits per heavy atom. The Hall–Kier alpha value is -1.17. The highest BCUT2D eigenvalue weighted by atomic mass is 32.1. The van der Waals surface area contributed by atoms with Crippen molar-refractivity contribution >= 4 is 22.4 Å². The standard InChI is InChI=1S/C9H16N4OS/c1-6-12-13-8(15-6)11-5-9(2,3)7(14)10-4/h5H2,1-4H3,(H,10,14)(H,11,13). The average molecular weight is 228 g/mol. The molecule has 0 aliphatic heterocycles. The van der Waals surface area contributed by atoms with Crippen LogP contribution in [0.15, 0.2) is 0 Å². The minimum Gasteiger partial charge on any atom is -0.359 e. The van der Waals surface area contributed by atoms with Gasteiger partial charge in [-0.3, -0.25) is 4.79 Å². The molecule has 1 aromatic rings. The summed E-state index contributed by atoms with van der Waals surface area (Å²) in [5, 5.41) is 15.2. The Kier molecular flexibility index (Phi) is 3.62. The molecule has 0 unspecified atom stereocenters. The quantitative estimate of drug-likeness (QED) is 0.807. The number of carbonyl (C=O) groups excluding carboxylic acids is 1. The third-order valence-electron chi connectivity index (χ3n) is 2.05. The first kappa shape index (κ1) is 11.9. The number of nitrogens with zero attached hydrogens (tertiary/aromatic N) is 2. The number of aryl methyl sites for hydroxylation is 1. The third kappa shape index (κ3) is 3.16. The minimum atomic E-state index is -0.450. The highest BCUT2D eigenvalue weighted by molar-refractivity contribution is 7.15. The van der Waals surface area contributed by atoms with E-state index in [0.717, 1.165) is 10.1 Å². The lowest BCUT2D eigenvalue weighted by molar-refractivity contribution is -0.128. The summed E-state index contributed by atoms with van der Waals surface area (Å²) in [6.45, 7) is 6.20. The molecule has 2 N–H and O–H groups in total. The van der Waals surface area contributed by atoms with Gasteiger partial charge in [0.25, 0.3) is 0 Å². The van der Waals surface area contributed by atoms with E-state index in [1.54, 1.807) is 7.05 Å². The monoisotopic (exact) mass is 228 g/mol. The van der Waals surface area contributed by atoms with Gasteiger partial charge in [0.15, 0.2) is 0 Å². The van der Waals surface area contributed by atoms with Crippen LogP contribution >= 0.6 is 11.3 Å². The molecule has 0 aliphatic rings. The summed E-state index contributed by atoms with van der Waals surface area (Å²) >= 11 is 1.48. The summed E-state index contributed by atoms with van der Waals surface area (Å²) < 4.78 is 0. The van der Waals surface area contributed by atoms with Crippen molar-refractivity contribution in [3.05, 3.63) is 5.01 Å². The molecule has 1 aromatic heterocycles. The van der Waals surface area contributed by atoms with Crippen LogP contribution in [0.25, 0.3) is 0 Å². The highest BCUT2D eigenvalue weighted by Gasteiger charge is 2.26. The van der Waals surface area contributed by atoms with E-state index in [-0.39, 0.29) is 5.91 Å². The molecule has 6 heteroatoms. The fraction of sp³-hybridized carbons (Fsp3) is 0.667. The van der Waals surface area contributed by atoms with E-state index < -0.39 is 5.41 Å². The number of hydrogen-bond donors (Lipinski definition) is 2. The van der Waals surface area contributed by atoms with Gasteiger partial charge in [0.1, 0.15) is 5.01 Å². The van der Waals surface area contributed by atoms with E-state index in [9.17, 15) is 4.79 Å². The molecule has 84 valence electrons. The average Bonchev–Trinajstić information content (AvgIpc) is 2.60. The van der Waals surface area contributed by atoms with Crippen molar-refractivity contribution in [3.63, 3.8) is 0 Å². The van der Waals surface area contributed by atoms with Gasteiger partial charge in [-0.2, -0.15) is 0 Å². The van der Waals surface area contributed by atoms with Crippen LogP contribution in [0, 0.1) is 12.3 Å². The van der Waals surface area contributed by atoms with E-state index >= 15 is 0 Å². The second-order valence-corrected chi connectivity index (χ2v) is 5.12. The first-order chi connectivity index (χ1) is 6.95. The summed E-state index contributed by atoms with van der Waals surface area (Å²) in [7, 11) is 1.64. The summed E-state index contributed by atoms with van der Waals surface area (Å²) in [5.41, 5.74) is -0.450. The Labute approximate surface area is 93.3 Å². The number of aromatic nitrogens is 2. The Bertz CT molecular complexity index is 348. The van der Waals surface area contributed by atoms with E-state index in [1.165, 1.54) is 11.3 Å². The number of nitrogens with one attached hydrogen (secondary N) is 2. The van der Waals surface area contributed by atoms with Gasteiger partial charge < -0.3 is 10.6 Å². The number of carbonyl (C=O) groups is 1. The van der Waals surface area contributed by atoms with E-state index in [2.05, 4.69) is 20.8 Å². The third-order valence-corrected chi connectivity index (χ3v) is 2.85. The number of rotatable bonds is 4. The summed E-state index contributed by atoms with van der Waals surface area (Å²) in [5.74, 6) is 0.0104. The molecule has 0 saturated heterocycles. The second kappa shape index (κ2) is 4.57. The molecule has 0 aromatic carbocycles. The van der Waals surface area contributed by atoms with Crippen molar-refractivity contribution in [2.45, 2.75) is 20.8 Å². The molecule has 1 amide bonds.